The van der Waals surface area contributed by atoms with Crippen LogP contribution in [0.15, 0.2) is 83.8 Å². The van der Waals surface area contributed by atoms with E-state index >= 15 is 0 Å². The molecule has 1 heterocycles. The highest BCUT2D eigenvalue weighted by Gasteiger charge is 2.40. The molecule has 1 N–H and O–H groups in total. The minimum atomic E-state index is -4.07. The van der Waals surface area contributed by atoms with Gasteiger partial charge in [0, 0.05) is 29.8 Å². The van der Waals surface area contributed by atoms with E-state index in [0.29, 0.717) is 28.1 Å². The van der Waals surface area contributed by atoms with Crippen LogP contribution in [-0.2, 0) is 21.4 Å². The van der Waals surface area contributed by atoms with Crippen molar-refractivity contribution in [2.24, 2.45) is 0 Å². The van der Waals surface area contributed by atoms with E-state index < -0.39 is 15.9 Å². The predicted molar refractivity (Wildman–Crippen MR) is 126 cm³/mol. The van der Waals surface area contributed by atoms with Crippen molar-refractivity contribution < 1.29 is 17.9 Å². The Morgan fingerprint density at radius 1 is 0.938 bits per heavy atom. The van der Waals surface area contributed by atoms with Crippen LogP contribution in [0.2, 0.25) is 0 Å². The summed E-state index contributed by atoms with van der Waals surface area (Å²) in [6, 6.07) is 23.7. The highest BCUT2D eigenvalue weighted by atomic mass is 32.2. The summed E-state index contributed by atoms with van der Waals surface area (Å²) < 4.78 is 33.9. The molecule has 164 valence electrons. The van der Waals surface area contributed by atoms with Crippen molar-refractivity contribution in [1.82, 2.24) is 5.32 Å². The van der Waals surface area contributed by atoms with Gasteiger partial charge in [-0.2, -0.15) is 0 Å². The first-order chi connectivity index (χ1) is 15.5. The monoisotopic (exact) mass is 448 g/mol. The van der Waals surface area contributed by atoms with E-state index in [1.807, 2.05) is 60.7 Å². The topological polar surface area (TPSA) is 75.7 Å². The fraction of sp³-hybridized carbons (Fsp3) is 0.160. The van der Waals surface area contributed by atoms with E-state index in [0.717, 1.165) is 5.56 Å². The Kier molecular flexibility index (Phi) is 6.01. The number of nitrogens with zero attached hydrogens (tertiary/aromatic N) is 1. The lowest BCUT2D eigenvalue weighted by atomic mass is 9.95. The quantitative estimate of drug-likeness (QED) is 0.620. The van der Waals surface area contributed by atoms with E-state index in [-0.39, 0.29) is 18.0 Å². The van der Waals surface area contributed by atoms with Crippen LogP contribution in [0.5, 0.6) is 5.75 Å². The highest BCUT2D eigenvalue weighted by Crippen LogP contribution is 2.42. The molecule has 0 radical (unpaired) electrons. The number of benzene rings is 3. The van der Waals surface area contributed by atoms with Crippen molar-refractivity contribution in [2.45, 2.75) is 13.5 Å². The fourth-order valence-electron chi connectivity index (χ4n) is 3.96. The molecule has 3 aromatic carbocycles. The lowest BCUT2D eigenvalue weighted by molar-refractivity contribution is -0.117. The second-order valence-electron chi connectivity index (χ2n) is 7.25. The Labute approximate surface area is 188 Å². The first-order valence-electron chi connectivity index (χ1n) is 10.3. The van der Waals surface area contributed by atoms with Crippen LogP contribution in [0.3, 0.4) is 0 Å². The summed E-state index contributed by atoms with van der Waals surface area (Å²) in [6.07, 6.45) is 0. The third-order valence-electron chi connectivity index (χ3n) is 5.41. The minimum Gasteiger partial charge on any atom is -0.496 e. The number of sulfonamides is 1. The van der Waals surface area contributed by atoms with Gasteiger partial charge in [0.15, 0.2) is 4.91 Å². The van der Waals surface area contributed by atoms with Crippen LogP contribution in [0.4, 0.5) is 5.69 Å². The predicted octanol–water partition coefficient (Wildman–Crippen LogP) is 3.94. The number of carbonyl (C=O) groups excluding carboxylic acids is 1. The first-order valence-corrected chi connectivity index (χ1v) is 11.7. The third-order valence-corrected chi connectivity index (χ3v) is 7.35. The molecule has 1 amide bonds. The van der Waals surface area contributed by atoms with E-state index in [9.17, 15) is 13.2 Å². The van der Waals surface area contributed by atoms with Crippen molar-refractivity contribution in [2.75, 3.05) is 18.0 Å². The summed E-state index contributed by atoms with van der Waals surface area (Å²) in [5, 5.41) is 2.79. The van der Waals surface area contributed by atoms with E-state index in [2.05, 4.69) is 5.32 Å². The summed E-state index contributed by atoms with van der Waals surface area (Å²) >= 11 is 0. The molecule has 0 aromatic heterocycles. The van der Waals surface area contributed by atoms with Gasteiger partial charge in [-0.25, -0.2) is 8.42 Å². The van der Waals surface area contributed by atoms with Crippen LogP contribution >= 0.6 is 0 Å². The molecule has 0 saturated carbocycles. The molecule has 1 aliphatic heterocycles. The SMILES string of the molecule is CCN1c2ccccc2C(c2ccccc2)=C(C(=O)NCc2ccccc2OC)S1(=O)=O. The average Bonchev–Trinajstić information content (AvgIpc) is 2.82. The normalized spacial score (nSPS) is 14.6. The highest BCUT2D eigenvalue weighted by molar-refractivity contribution is 7.97. The summed E-state index contributed by atoms with van der Waals surface area (Å²) in [6.45, 7) is 2.11. The Balaban J connectivity index is 1.86. The van der Waals surface area contributed by atoms with Crippen LogP contribution < -0.4 is 14.4 Å². The van der Waals surface area contributed by atoms with Crippen molar-refractivity contribution in [3.05, 3.63) is 100 Å². The first kappa shape index (κ1) is 21.6. The summed E-state index contributed by atoms with van der Waals surface area (Å²) in [5.41, 5.74) is 3.10. The van der Waals surface area contributed by atoms with E-state index in [4.69, 9.17) is 4.74 Å². The van der Waals surface area contributed by atoms with Gasteiger partial charge in [0.1, 0.15) is 5.75 Å². The van der Waals surface area contributed by atoms with Gasteiger partial charge < -0.3 is 10.1 Å². The molecule has 7 heteroatoms. The molecular weight excluding hydrogens is 424 g/mol. The van der Waals surface area contributed by atoms with Gasteiger partial charge in [0.25, 0.3) is 15.9 Å². The number of carbonyl (C=O) groups is 1. The number of anilines is 1. The number of ether oxygens (including phenoxy) is 1. The summed E-state index contributed by atoms with van der Waals surface area (Å²) in [5.74, 6) is -0.0280. The van der Waals surface area contributed by atoms with E-state index in [1.165, 1.54) is 4.31 Å². The molecule has 0 fully saturated rings. The molecule has 3 aromatic rings. The smallest absolute Gasteiger partial charge is 0.270 e. The molecule has 0 saturated heterocycles. The lowest BCUT2D eigenvalue weighted by Gasteiger charge is -2.32. The van der Waals surface area contributed by atoms with Gasteiger partial charge in [-0.3, -0.25) is 9.10 Å². The Morgan fingerprint density at radius 3 is 2.31 bits per heavy atom. The van der Waals surface area contributed by atoms with Gasteiger partial charge in [-0.05, 0) is 24.6 Å². The zero-order valence-electron chi connectivity index (χ0n) is 17.9. The molecule has 0 spiro atoms. The van der Waals surface area contributed by atoms with Gasteiger partial charge in [-0.1, -0.05) is 66.7 Å². The van der Waals surface area contributed by atoms with E-state index in [1.54, 1.807) is 32.2 Å². The fourth-order valence-corrected chi connectivity index (χ4v) is 5.73. The maximum atomic E-state index is 13.6. The molecular formula is C25H24N2O4S. The molecule has 0 atom stereocenters. The Hall–Kier alpha value is -3.58. The number of nitrogens with one attached hydrogen (secondary N) is 1. The standard InChI is InChI=1S/C25H24N2O4S/c1-3-27-21-15-9-8-14-20(21)23(18-11-5-4-6-12-18)24(32(27,29)30)25(28)26-17-19-13-7-10-16-22(19)31-2/h4-16H,3,17H2,1-2H3,(H,26,28). The number of fused-ring (bicyclic) bond motifs is 1. The maximum absolute atomic E-state index is 13.6. The van der Waals surface area contributed by atoms with Gasteiger partial charge in [0.2, 0.25) is 0 Å². The van der Waals surface area contributed by atoms with Crippen LogP contribution in [0.25, 0.3) is 5.57 Å². The number of amides is 1. The van der Waals surface area contributed by atoms with Crippen LogP contribution in [0.1, 0.15) is 23.6 Å². The van der Waals surface area contributed by atoms with Crippen molar-refractivity contribution in [3.63, 3.8) is 0 Å². The number of para-hydroxylation sites is 2. The van der Waals surface area contributed by atoms with Gasteiger partial charge in [0.05, 0.1) is 12.8 Å². The second-order valence-corrected chi connectivity index (χ2v) is 9.05. The largest absolute Gasteiger partial charge is 0.496 e. The zero-order valence-corrected chi connectivity index (χ0v) is 18.7. The van der Waals surface area contributed by atoms with Crippen molar-refractivity contribution in [3.8, 4) is 5.75 Å². The molecule has 0 aliphatic carbocycles. The van der Waals surface area contributed by atoms with Gasteiger partial charge in [-0.15, -0.1) is 0 Å². The zero-order chi connectivity index (χ0) is 22.7. The van der Waals surface area contributed by atoms with Crippen molar-refractivity contribution >= 4 is 27.2 Å². The molecule has 32 heavy (non-hydrogen) atoms. The number of hydrogen-bond acceptors (Lipinski definition) is 4. The Bertz CT molecular complexity index is 1280. The number of rotatable bonds is 6. The maximum Gasteiger partial charge on any atom is 0.270 e. The van der Waals surface area contributed by atoms with Crippen LogP contribution in [-0.4, -0.2) is 28.0 Å². The summed E-state index contributed by atoms with van der Waals surface area (Å²) in [7, 11) is -2.52. The molecule has 0 bridgehead atoms. The molecule has 0 unspecified atom stereocenters. The number of hydrogen-bond donors (Lipinski definition) is 1. The minimum absolute atomic E-state index is 0.137. The number of methoxy groups -OCH3 is 1. The second kappa shape index (κ2) is 8.88. The van der Waals surface area contributed by atoms with Gasteiger partial charge >= 0.3 is 0 Å². The summed E-state index contributed by atoms with van der Waals surface area (Å²) in [4.78, 5) is 13.2. The van der Waals surface area contributed by atoms with Crippen molar-refractivity contribution in [1.29, 1.82) is 0 Å². The molecule has 6 nitrogen and oxygen atoms in total. The lowest BCUT2D eigenvalue weighted by Crippen LogP contribution is -2.41. The van der Waals surface area contributed by atoms with Crippen LogP contribution in [0, 0.1) is 0 Å². The third kappa shape index (κ3) is 3.76. The average molecular weight is 449 g/mol. The molecule has 1 aliphatic rings. The molecule has 4 rings (SSSR count). The Morgan fingerprint density at radius 2 is 1.59 bits per heavy atom.